The van der Waals surface area contributed by atoms with Gasteiger partial charge in [0.15, 0.2) is 0 Å². The number of rotatable bonds is 3. The summed E-state index contributed by atoms with van der Waals surface area (Å²) in [5, 5.41) is 10.4. The molecule has 1 aliphatic rings. The highest BCUT2D eigenvalue weighted by molar-refractivity contribution is 7.08. The van der Waals surface area contributed by atoms with Gasteiger partial charge in [-0.1, -0.05) is 29.3 Å². The van der Waals surface area contributed by atoms with Crippen LogP contribution in [0.5, 0.6) is 5.75 Å². The number of aromatic nitrogens is 1. The summed E-state index contributed by atoms with van der Waals surface area (Å²) in [6.45, 7) is 2.77. The van der Waals surface area contributed by atoms with E-state index >= 15 is 0 Å². The van der Waals surface area contributed by atoms with Crippen LogP contribution >= 0.6 is 34.7 Å². The van der Waals surface area contributed by atoms with Crippen LogP contribution in [0, 0.1) is 0 Å². The van der Waals surface area contributed by atoms with Crippen LogP contribution in [-0.4, -0.2) is 46.5 Å². The van der Waals surface area contributed by atoms with Crippen molar-refractivity contribution in [2.24, 2.45) is 0 Å². The Labute approximate surface area is 176 Å². The summed E-state index contributed by atoms with van der Waals surface area (Å²) in [5.41, 5.74) is 2.60. The van der Waals surface area contributed by atoms with Gasteiger partial charge in [0.1, 0.15) is 10.6 Å². The van der Waals surface area contributed by atoms with Crippen LogP contribution in [0.15, 0.2) is 48.5 Å². The molecule has 4 rings (SSSR count). The number of phenolic OH excluding ortho intramolecular Hbond substituents is 1. The van der Waals surface area contributed by atoms with Gasteiger partial charge < -0.3 is 14.9 Å². The molecule has 0 bridgehead atoms. The lowest BCUT2D eigenvalue weighted by molar-refractivity contribution is 0.0751. The van der Waals surface area contributed by atoms with Crippen LogP contribution < -0.4 is 4.90 Å². The van der Waals surface area contributed by atoms with Crippen molar-refractivity contribution in [2.75, 3.05) is 31.1 Å². The zero-order valence-electron chi connectivity index (χ0n) is 14.8. The molecule has 2 aromatic carbocycles. The summed E-state index contributed by atoms with van der Waals surface area (Å²) in [6, 6.07) is 14.3. The van der Waals surface area contributed by atoms with E-state index in [9.17, 15) is 9.90 Å². The first kappa shape index (κ1) is 19.1. The van der Waals surface area contributed by atoms with Crippen molar-refractivity contribution in [2.45, 2.75) is 0 Å². The van der Waals surface area contributed by atoms with Crippen molar-refractivity contribution in [3.63, 3.8) is 0 Å². The third kappa shape index (κ3) is 3.94. The number of benzene rings is 2. The largest absolute Gasteiger partial charge is 0.508 e. The summed E-state index contributed by atoms with van der Waals surface area (Å²) < 4.78 is 4.40. The van der Waals surface area contributed by atoms with Gasteiger partial charge in [-0.05, 0) is 54.0 Å². The summed E-state index contributed by atoms with van der Waals surface area (Å²) in [6.07, 6.45) is 0. The zero-order chi connectivity index (χ0) is 19.7. The van der Waals surface area contributed by atoms with Gasteiger partial charge in [-0.25, -0.2) is 0 Å². The van der Waals surface area contributed by atoms with Crippen LogP contribution in [0.1, 0.15) is 9.67 Å². The van der Waals surface area contributed by atoms with Crippen molar-refractivity contribution < 1.29 is 9.90 Å². The number of carbonyl (C=O) groups excluding carboxylic acids is 1. The van der Waals surface area contributed by atoms with Gasteiger partial charge in [0.25, 0.3) is 5.91 Å². The molecule has 0 aliphatic carbocycles. The quantitative estimate of drug-likeness (QED) is 0.645. The van der Waals surface area contributed by atoms with E-state index < -0.39 is 0 Å². The first-order chi connectivity index (χ1) is 13.5. The van der Waals surface area contributed by atoms with E-state index in [4.69, 9.17) is 23.2 Å². The number of anilines is 1. The molecule has 3 aromatic rings. The standard InChI is InChI=1S/C20H17Cl2N3O2S/c21-16-6-1-13(11-17(16)22)18-12-19(28-23-18)20(27)25-9-7-24(8-10-25)14-2-4-15(26)5-3-14/h1-6,11-12,26H,7-10H2. The topological polar surface area (TPSA) is 56.7 Å². The summed E-state index contributed by atoms with van der Waals surface area (Å²) in [5.74, 6) is 0.245. The average molecular weight is 434 g/mol. The average Bonchev–Trinajstić information content (AvgIpc) is 3.20. The van der Waals surface area contributed by atoms with E-state index in [1.54, 1.807) is 30.3 Å². The van der Waals surface area contributed by atoms with Crippen LogP contribution in [0.25, 0.3) is 11.3 Å². The smallest absolute Gasteiger partial charge is 0.265 e. The first-order valence-electron chi connectivity index (χ1n) is 8.76. The molecule has 28 heavy (non-hydrogen) atoms. The Hall–Kier alpha value is -2.28. The van der Waals surface area contributed by atoms with E-state index in [0.29, 0.717) is 28.0 Å². The highest BCUT2D eigenvalue weighted by Crippen LogP contribution is 2.30. The third-order valence-electron chi connectivity index (χ3n) is 4.72. The minimum absolute atomic E-state index is 0.00540. The Morgan fingerprint density at radius 1 is 0.964 bits per heavy atom. The highest BCUT2D eigenvalue weighted by atomic mass is 35.5. The Morgan fingerprint density at radius 2 is 1.68 bits per heavy atom. The number of aromatic hydroxyl groups is 1. The van der Waals surface area contributed by atoms with E-state index in [1.807, 2.05) is 23.1 Å². The number of piperazine rings is 1. The molecular formula is C20H17Cl2N3O2S. The molecule has 0 spiro atoms. The van der Waals surface area contributed by atoms with Gasteiger partial charge in [-0.2, -0.15) is 4.37 Å². The number of carbonyl (C=O) groups is 1. The second kappa shape index (κ2) is 7.99. The lowest BCUT2D eigenvalue weighted by Crippen LogP contribution is -2.48. The van der Waals surface area contributed by atoms with Crippen LogP contribution in [0.2, 0.25) is 10.0 Å². The normalized spacial score (nSPS) is 14.4. The lowest BCUT2D eigenvalue weighted by atomic mass is 10.1. The maximum Gasteiger partial charge on any atom is 0.265 e. The fraction of sp³-hybridized carbons (Fsp3) is 0.200. The second-order valence-corrected chi connectivity index (χ2v) is 8.12. The number of halogens is 2. The van der Waals surface area contributed by atoms with Gasteiger partial charge in [0.05, 0.1) is 15.7 Å². The second-order valence-electron chi connectivity index (χ2n) is 6.50. The minimum atomic E-state index is -0.00540. The molecule has 1 aliphatic heterocycles. The molecule has 2 heterocycles. The molecule has 0 saturated carbocycles. The number of hydrogen-bond acceptors (Lipinski definition) is 5. The fourth-order valence-corrected chi connectivity index (χ4v) is 4.18. The third-order valence-corrected chi connectivity index (χ3v) is 6.23. The number of nitrogens with zero attached hydrogens (tertiary/aromatic N) is 3. The fourth-order valence-electron chi connectivity index (χ4n) is 3.15. The maximum atomic E-state index is 12.9. The van der Waals surface area contributed by atoms with Crippen LogP contribution in [-0.2, 0) is 0 Å². The Bertz CT molecular complexity index is 999. The van der Waals surface area contributed by atoms with Gasteiger partial charge in [0.2, 0.25) is 0 Å². The minimum Gasteiger partial charge on any atom is -0.508 e. The molecule has 1 saturated heterocycles. The Kier molecular flexibility index (Phi) is 5.44. The number of hydrogen-bond donors (Lipinski definition) is 1. The molecule has 0 unspecified atom stereocenters. The maximum absolute atomic E-state index is 12.9. The molecule has 1 N–H and O–H groups in total. The zero-order valence-corrected chi connectivity index (χ0v) is 17.1. The van der Waals surface area contributed by atoms with E-state index in [2.05, 4.69) is 9.27 Å². The van der Waals surface area contributed by atoms with Crippen molar-refractivity contribution >= 4 is 46.3 Å². The molecule has 1 fully saturated rings. The predicted molar refractivity (Wildman–Crippen MR) is 114 cm³/mol. The Morgan fingerprint density at radius 3 is 2.36 bits per heavy atom. The predicted octanol–water partition coefficient (Wildman–Crippen LogP) is 4.78. The van der Waals surface area contributed by atoms with Crippen molar-refractivity contribution in [3.8, 4) is 17.0 Å². The van der Waals surface area contributed by atoms with Gasteiger partial charge in [0, 0.05) is 37.4 Å². The lowest BCUT2D eigenvalue weighted by Gasteiger charge is -2.35. The summed E-state index contributed by atoms with van der Waals surface area (Å²) in [7, 11) is 0. The first-order valence-corrected chi connectivity index (χ1v) is 10.3. The molecule has 5 nitrogen and oxygen atoms in total. The Balaban J connectivity index is 1.42. The van der Waals surface area contributed by atoms with Crippen molar-refractivity contribution in [1.29, 1.82) is 0 Å². The summed E-state index contributed by atoms with van der Waals surface area (Å²) in [4.78, 5) is 17.5. The summed E-state index contributed by atoms with van der Waals surface area (Å²) >= 11 is 13.2. The number of amides is 1. The molecule has 1 aromatic heterocycles. The van der Waals surface area contributed by atoms with E-state index in [-0.39, 0.29) is 11.7 Å². The molecular weight excluding hydrogens is 417 g/mol. The van der Waals surface area contributed by atoms with Gasteiger partial charge in [-0.15, -0.1) is 0 Å². The highest BCUT2D eigenvalue weighted by Gasteiger charge is 2.24. The molecule has 0 atom stereocenters. The van der Waals surface area contributed by atoms with Gasteiger partial charge in [-0.3, -0.25) is 4.79 Å². The monoisotopic (exact) mass is 433 g/mol. The van der Waals surface area contributed by atoms with Gasteiger partial charge >= 0.3 is 0 Å². The molecule has 1 amide bonds. The molecule has 8 heteroatoms. The molecule has 144 valence electrons. The van der Waals surface area contributed by atoms with E-state index in [0.717, 1.165) is 30.0 Å². The van der Waals surface area contributed by atoms with Crippen molar-refractivity contribution in [1.82, 2.24) is 9.27 Å². The van der Waals surface area contributed by atoms with E-state index in [1.165, 1.54) is 11.5 Å². The van der Waals surface area contributed by atoms with Crippen molar-refractivity contribution in [3.05, 3.63) is 63.5 Å². The van der Waals surface area contributed by atoms with Crippen LogP contribution in [0.3, 0.4) is 0 Å². The van der Waals surface area contributed by atoms with Crippen LogP contribution in [0.4, 0.5) is 5.69 Å². The number of phenols is 1. The SMILES string of the molecule is O=C(c1cc(-c2ccc(Cl)c(Cl)c2)ns1)N1CCN(c2ccc(O)cc2)CC1. The molecule has 0 radical (unpaired) electrons.